The van der Waals surface area contributed by atoms with Crippen LogP contribution in [0, 0.1) is 17.7 Å². The Labute approximate surface area is 146 Å². The highest BCUT2D eigenvalue weighted by atomic mass is 19.1. The lowest BCUT2D eigenvalue weighted by molar-refractivity contribution is -0.122. The summed E-state index contributed by atoms with van der Waals surface area (Å²) in [7, 11) is 0. The molecule has 1 aromatic carbocycles. The second-order valence-corrected chi connectivity index (χ2v) is 6.48. The zero-order valence-corrected chi connectivity index (χ0v) is 14.7. The standard InChI is InChI=1S/C18H24FN3O3/c1-4-7-20-16(23)11(3)21-18(25)14-9-12(19)5-6-15(14)22-17(24)13-8-10(13)2/h5-6,9-11,13H,4,7-8H2,1-3H3,(H,20,23)(H,21,25)(H,22,24)/t10-,11+,13+/m1/s1. The van der Waals surface area contributed by atoms with Crippen LogP contribution in [-0.4, -0.2) is 30.3 Å². The smallest absolute Gasteiger partial charge is 0.254 e. The maximum Gasteiger partial charge on any atom is 0.254 e. The third-order valence-electron chi connectivity index (χ3n) is 4.22. The van der Waals surface area contributed by atoms with Gasteiger partial charge < -0.3 is 16.0 Å². The minimum absolute atomic E-state index is 0.00297. The molecule has 136 valence electrons. The van der Waals surface area contributed by atoms with Gasteiger partial charge in [0.15, 0.2) is 0 Å². The number of amides is 3. The lowest BCUT2D eigenvalue weighted by atomic mass is 10.1. The van der Waals surface area contributed by atoms with Crippen LogP contribution in [-0.2, 0) is 9.59 Å². The second kappa shape index (κ2) is 8.09. The molecule has 3 amide bonds. The molecule has 1 aromatic rings. The molecule has 3 atom stereocenters. The Morgan fingerprint density at radius 3 is 2.60 bits per heavy atom. The Morgan fingerprint density at radius 2 is 2.00 bits per heavy atom. The number of benzene rings is 1. The molecule has 1 aliphatic carbocycles. The zero-order chi connectivity index (χ0) is 18.6. The van der Waals surface area contributed by atoms with Gasteiger partial charge in [-0.05, 0) is 43.9 Å². The van der Waals surface area contributed by atoms with Crippen LogP contribution in [0.4, 0.5) is 10.1 Å². The van der Waals surface area contributed by atoms with Crippen LogP contribution in [0.3, 0.4) is 0 Å². The van der Waals surface area contributed by atoms with Crippen LogP contribution in [0.5, 0.6) is 0 Å². The Balaban J connectivity index is 2.08. The van der Waals surface area contributed by atoms with Crippen molar-refractivity contribution in [3.8, 4) is 0 Å². The molecular formula is C18H24FN3O3. The van der Waals surface area contributed by atoms with Gasteiger partial charge >= 0.3 is 0 Å². The first-order chi connectivity index (χ1) is 11.8. The van der Waals surface area contributed by atoms with Crippen molar-refractivity contribution in [3.05, 3.63) is 29.6 Å². The summed E-state index contributed by atoms with van der Waals surface area (Å²) in [5.41, 5.74) is 0.237. The molecule has 3 N–H and O–H groups in total. The second-order valence-electron chi connectivity index (χ2n) is 6.48. The van der Waals surface area contributed by atoms with E-state index in [0.29, 0.717) is 12.5 Å². The molecule has 0 bridgehead atoms. The van der Waals surface area contributed by atoms with E-state index in [1.807, 2.05) is 13.8 Å². The first-order valence-corrected chi connectivity index (χ1v) is 8.52. The van der Waals surface area contributed by atoms with E-state index >= 15 is 0 Å². The van der Waals surface area contributed by atoms with Crippen LogP contribution >= 0.6 is 0 Å². The molecule has 7 heteroatoms. The Kier molecular flexibility index (Phi) is 6.12. The number of halogens is 1. The minimum Gasteiger partial charge on any atom is -0.354 e. The predicted octanol–water partition coefficient (Wildman–Crippen LogP) is 2.06. The molecule has 0 unspecified atom stereocenters. The van der Waals surface area contributed by atoms with Crippen LogP contribution in [0.15, 0.2) is 18.2 Å². The van der Waals surface area contributed by atoms with E-state index in [2.05, 4.69) is 16.0 Å². The van der Waals surface area contributed by atoms with Gasteiger partial charge in [-0.3, -0.25) is 14.4 Å². The highest BCUT2D eigenvalue weighted by Crippen LogP contribution is 2.38. The van der Waals surface area contributed by atoms with Gasteiger partial charge in [-0.15, -0.1) is 0 Å². The summed E-state index contributed by atoms with van der Waals surface area (Å²) in [5, 5.41) is 7.89. The van der Waals surface area contributed by atoms with Gasteiger partial charge in [0.25, 0.3) is 5.91 Å². The molecule has 0 heterocycles. The van der Waals surface area contributed by atoms with Crippen molar-refractivity contribution in [1.82, 2.24) is 10.6 Å². The molecule has 1 aliphatic rings. The van der Waals surface area contributed by atoms with Gasteiger partial charge in [-0.25, -0.2) is 4.39 Å². The quantitative estimate of drug-likeness (QED) is 0.704. The number of hydrogen-bond acceptors (Lipinski definition) is 3. The van der Waals surface area contributed by atoms with Crippen molar-refractivity contribution in [1.29, 1.82) is 0 Å². The maximum atomic E-state index is 13.6. The molecule has 0 spiro atoms. The first-order valence-electron chi connectivity index (χ1n) is 8.52. The van der Waals surface area contributed by atoms with Crippen molar-refractivity contribution in [2.75, 3.05) is 11.9 Å². The van der Waals surface area contributed by atoms with Crippen molar-refractivity contribution >= 4 is 23.4 Å². The maximum absolute atomic E-state index is 13.6. The normalized spacial score (nSPS) is 19.7. The molecule has 0 aromatic heterocycles. The summed E-state index contributed by atoms with van der Waals surface area (Å²) in [6, 6.07) is 2.82. The van der Waals surface area contributed by atoms with Crippen LogP contribution in [0.2, 0.25) is 0 Å². The molecule has 1 saturated carbocycles. The van der Waals surface area contributed by atoms with Gasteiger partial charge in [-0.2, -0.15) is 0 Å². The number of rotatable bonds is 7. The molecule has 25 heavy (non-hydrogen) atoms. The average Bonchev–Trinajstić information content (AvgIpc) is 3.30. The van der Waals surface area contributed by atoms with Gasteiger partial charge in [0.05, 0.1) is 11.3 Å². The van der Waals surface area contributed by atoms with Crippen molar-refractivity contribution in [2.24, 2.45) is 11.8 Å². The summed E-state index contributed by atoms with van der Waals surface area (Å²) < 4.78 is 13.6. The Bertz CT molecular complexity index is 678. The van der Waals surface area contributed by atoms with Crippen molar-refractivity contribution in [2.45, 2.75) is 39.7 Å². The van der Waals surface area contributed by atoms with Crippen molar-refractivity contribution < 1.29 is 18.8 Å². The fraction of sp³-hybridized carbons (Fsp3) is 0.500. The van der Waals surface area contributed by atoms with Gasteiger partial charge in [-0.1, -0.05) is 13.8 Å². The molecule has 0 radical (unpaired) electrons. The van der Waals surface area contributed by atoms with E-state index in [4.69, 9.17) is 0 Å². The van der Waals surface area contributed by atoms with E-state index in [1.165, 1.54) is 12.1 Å². The number of anilines is 1. The highest BCUT2D eigenvalue weighted by molar-refractivity contribution is 6.05. The zero-order valence-electron chi connectivity index (χ0n) is 14.7. The summed E-state index contributed by atoms with van der Waals surface area (Å²) in [6.45, 7) is 5.96. The van der Waals surface area contributed by atoms with E-state index in [1.54, 1.807) is 6.92 Å². The SMILES string of the molecule is CCCNC(=O)[C@H](C)NC(=O)c1cc(F)ccc1NC(=O)[C@H]1C[C@H]1C. The van der Waals surface area contributed by atoms with Crippen molar-refractivity contribution in [3.63, 3.8) is 0 Å². The number of carbonyl (C=O) groups excluding carboxylic acids is 3. The third-order valence-corrected chi connectivity index (χ3v) is 4.22. The number of nitrogens with one attached hydrogen (secondary N) is 3. The fourth-order valence-corrected chi connectivity index (χ4v) is 2.47. The molecular weight excluding hydrogens is 325 g/mol. The van der Waals surface area contributed by atoms with Crippen LogP contribution in [0.1, 0.15) is 44.0 Å². The molecule has 2 rings (SSSR count). The lowest BCUT2D eigenvalue weighted by Gasteiger charge is -2.16. The van der Waals surface area contributed by atoms with Gasteiger partial charge in [0.2, 0.25) is 11.8 Å². The minimum atomic E-state index is -0.769. The highest BCUT2D eigenvalue weighted by Gasteiger charge is 2.39. The molecule has 0 aliphatic heterocycles. The van der Waals surface area contributed by atoms with Crippen LogP contribution in [0.25, 0.3) is 0 Å². The monoisotopic (exact) mass is 349 g/mol. The van der Waals surface area contributed by atoms with E-state index in [-0.39, 0.29) is 29.0 Å². The third kappa shape index (κ3) is 5.01. The number of carbonyl (C=O) groups is 3. The van der Waals surface area contributed by atoms with E-state index in [9.17, 15) is 18.8 Å². The largest absolute Gasteiger partial charge is 0.354 e. The van der Waals surface area contributed by atoms with E-state index in [0.717, 1.165) is 18.9 Å². The van der Waals surface area contributed by atoms with E-state index < -0.39 is 17.8 Å². The summed E-state index contributed by atoms with van der Waals surface area (Å²) in [6.07, 6.45) is 1.59. The Morgan fingerprint density at radius 1 is 1.32 bits per heavy atom. The Hall–Kier alpha value is -2.44. The van der Waals surface area contributed by atoms with Gasteiger partial charge in [0, 0.05) is 12.5 Å². The topological polar surface area (TPSA) is 87.3 Å². The fourth-order valence-electron chi connectivity index (χ4n) is 2.47. The molecule has 0 saturated heterocycles. The predicted molar refractivity (Wildman–Crippen MR) is 92.5 cm³/mol. The van der Waals surface area contributed by atoms with Gasteiger partial charge in [0.1, 0.15) is 11.9 Å². The summed E-state index contributed by atoms with van der Waals surface area (Å²) >= 11 is 0. The first kappa shape index (κ1) is 18.9. The summed E-state index contributed by atoms with van der Waals surface area (Å²) in [4.78, 5) is 36.4. The number of hydrogen-bond donors (Lipinski definition) is 3. The average molecular weight is 349 g/mol. The molecule has 1 fully saturated rings. The van der Waals surface area contributed by atoms with Crippen LogP contribution < -0.4 is 16.0 Å². The lowest BCUT2D eigenvalue weighted by Crippen LogP contribution is -2.45. The molecule has 6 nitrogen and oxygen atoms in total. The summed E-state index contributed by atoms with van der Waals surface area (Å²) in [5.74, 6) is -1.45.